The van der Waals surface area contributed by atoms with Gasteiger partial charge in [-0.05, 0) is 61.6 Å². The molecule has 0 saturated carbocycles. The van der Waals surface area contributed by atoms with Crippen LogP contribution in [-0.4, -0.2) is 32.6 Å². The first kappa shape index (κ1) is 23.9. The van der Waals surface area contributed by atoms with E-state index in [1.165, 1.54) is 0 Å². The number of dihydropyridines is 1. The number of rotatable bonds is 6. The molecule has 0 aromatic heterocycles. The predicted octanol–water partition coefficient (Wildman–Crippen LogP) is 5.28. The summed E-state index contributed by atoms with van der Waals surface area (Å²) in [6.45, 7) is 3.86. The van der Waals surface area contributed by atoms with Gasteiger partial charge in [-0.2, -0.15) is 0 Å². The summed E-state index contributed by atoms with van der Waals surface area (Å²) in [5.74, 6) is 0.263. The maximum absolute atomic E-state index is 13.6. The van der Waals surface area contributed by atoms with Crippen molar-refractivity contribution in [1.82, 2.24) is 5.32 Å². The fourth-order valence-corrected chi connectivity index (χ4v) is 5.08. The third-order valence-corrected chi connectivity index (χ3v) is 6.62. The average Bonchev–Trinajstić information content (AvgIpc) is 2.82. The SMILES string of the molecule is CCOC(=O)C1=C(C)NC2=C(C(=O)C[C@@H](c3ccc(OC)c(OC)c3)C2)[C@H]1c1cccc(Cl)c1. The lowest BCUT2D eigenvalue weighted by molar-refractivity contribution is -0.138. The van der Waals surface area contributed by atoms with Crippen LogP contribution in [0.4, 0.5) is 0 Å². The smallest absolute Gasteiger partial charge is 0.336 e. The highest BCUT2D eigenvalue weighted by Crippen LogP contribution is 2.46. The van der Waals surface area contributed by atoms with Crippen LogP contribution in [0, 0.1) is 0 Å². The van der Waals surface area contributed by atoms with Crippen LogP contribution < -0.4 is 14.8 Å². The molecule has 6 nitrogen and oxygen atoms in total. The van der Waals surface area contributed by atoms with Gasteiger partial charge in [-0.25, -0.2) is 4.79 Å². The topological polar surface area (TPSA) is 73.9 Å². The fourth-order valence-electron chi connectivity index (χ4n) is 4.88. The number of hydrogen-bond donors (Lipinski definition) is 1. The molecule has 2 aromatic carbocycles. The molecule has 0 unspecified atom stereocenters. The number of ketones is 1. The van der Waals surface area contributed by atoms with Gasteiger partial charge in [0.15, 0.2) is 17.3 Å². The Hall–Kier alpha value is -3.25. The number of carbonyl (C=O) groups excluding carboxylic acids is 2. The van der Waals surface area contributed by atoms with Crippen molar-refractivity contribution < 1.29 is 23.8 Å². The second kappa shape index (κ2) is 9.94. The lowest BCUT2D eigenvalue weighted by Crippen LogP contribution is -2.36. The number of carbonyl (C=O) groups is 2. The molecule has 0 amide bonds. The summed E-state index contributed by atoms with van der Waals surface area (Å²) >= 11 is 6.29. The highest BCUT2D eigenvalue weighted by molar-refractivity contribution is 6.30. The number of Topliss-reactive ketones (excluding diaryl/α,β-unsaturated/α-hetero) is 1. The molecule has 0 bridgehead atoms. The van der Waals surface area contributed by atoms with Gasteiger partial charge in [-0.1, -0.05) is 29.8 Å². The molecule has 4 rings (SSSR count). The van der Waals surface area contributed by atoms with Crippen LogP contribution in [-0.2, 0) is 14.3 Å². The summed E-state index contributed by atoms with van der Waals surface area (Å²) in [5.41, 5.74) is 4.35. The Balaban J connectivity index is 1.78. The molecule has 0 radical (unpaired) electrons. The van der Waals surface area contributed by atoms with Crippen molar-refractivity contribution in [2.75, 3.05) is 20.8 Å². The Morgan fingerprint density at radius 2 is 1.82 bits per heavy atom. The van der Waals surface area contributed by atoms with Gasteiger partial charge in [0.25, 0.3) is 0 Å². The Labute approximate surface area is 204 Å². The highest BCUT2D eigenvalue weighted by Gasteiger charge is 2.41. The van der Waals surface area contributed by atoms with E-state index in [4.69, 9.17) is 25.8 Å². The van der Waals surface area contributed by atoms with Crippen LogP contribution in [0.15, 0.2) is 65.0 Å². The molecule has 0 saturated heterocycles. The van der Waals surface area contributed by atoms with Crippen molar-refractivity contribution in [3.05, 3.63) is 81.2 Å². The van der Waals surface area contributed by atoms with Crippen LogP contribution in [0.5, 0.6) is 11.5 Å². The average molecular weight is 482 g/mol. The van der Waals surface area contributed by atoms with Gasteiger partial charge in [-0.15, -0.1) is 0 Å². The van der Waals surface area contributed by atoms with E-state index in [1.54, 1.807) is 27.2 Å². The van der Waals surface area contributed by atoms with Crippen molar-refractivity contribution in [1.29, 1.82) is 0 Å². The van der Waals surface area contributed by atoms with Gasteiger partial charge in [0.2, 0.25) is 0 Å². The maximum Gasteiger partial charge on any atom is 0.336 e. The first-order valence-electron chi connectivity index (χ1n) is 11.3. The van der Waals surface area contributed by atoms with E-state index >= 15 is 0 Å². The number of halogens is 1. The van der Waals surface area contributed by atoms with Gasteiger partial charge < -0.3 is 19.5 Å². The zero-order valence-electron chi connectivity index (χ0n) is 19.7. The summed E-state index contributed by atoms with van der Waals surface area (Å²) in [4.78, 5) is 26.6. The molecule has 2 aliphatic rings. The molecule has 2 atom stereocenters. The van der Waals surface area contributed by atoms with Crippen LogP contribution in [0.2, 0.25) is 5.02 Å². The van der Waals surface area contributed by atoms with E-state index < -0.39 is 11.9 Å². The molecule has 34 heavy (non-hydrogen) atoms. The second-order valence-corrected chi connectivity index (χ2v) is 8.84. The molecule has 2 aromatic rings. The minimum atomic E-state index is -0.534. The van der Waals surface area contributed by atoms with Crippen molar-refractivity contribution >= 4 is 23.4 Å². The van der Waals surface area contributed by atoms with E-state index in [9.17, 15) is 9.59 Å². The van der Waals surface area contributed by atoms with Gasteiger partial charge in [0, 0.05) is 34.3 Å². The zero-order valence-corrected chi connectivity index (χ0v) is 20.5. The van der Waals surface area contributed by atoms with Crippen LogP contribution in [0.3, 0.4) is 0 Å². The van der Waals surface area contributed by atoms with E-state index in [0.717, 1.165) is 16.8 Å². The van der Waals surface area contributed by atoms with E-state index in [0.29, 0.717) is 46.2 Å². The monoisotopic (exact) mass is 481 g/mol. The summed E-state index contributed by atoms with van der Waals surface area (Å²) in [6.07, 6.45) is 0.948. The molecule has 1 N–H and O–H groups in total. The number of methoxy groups -OCH3 is 2. The first-order valence-corrected chi connectivity index (χ1v) is 11.6. The van der Waals surface area contributed by atoms with Gasteiger partial charge in [0.05, 0.1) is 26.4 Å². The zero-order chi connectivity index (χ0) is 24.4. The predicted molar refractivity (Wildman–Crippen MR) is 130 cm³/mol. The lowest BCUT2D eigenvalue weighted by atomic mass is 9.71. The van der Waals surface area contributed by atoms with Gasteiger partial charge in [0.1, 0.15) is 0 Å². The van der Waals surface area contributed by atoms with Gasteiger partial charge in [-0.3, -0.25) is 4.79 Å². The normalized spacial score (nSPS) is 20.0. The Morgan fingerprint density at radius 1 is 1.06 bits per heavy atom. The Morgan fingerprint density at radius 3 is 2.50 bits per heavy atom. The van der Waals surface area contributed by atoms with Crippen molar-refractivity contribution in [3.8, 4) is 11.5 Å². The Kier molecular flexibility index (Phi) is 6.98. The van der Waals surface area contributed by atoms with Crippen molar-refractivity contribution in [2.45, 2.75) is 38.5 Å². The highest BCUT2D eigenvalue weighted by atomic mass is 35.5. The third-order valence-electron chi connectivity index (χ3n) is 6.38. The summed E-state index contributed by atoms with van der Waals surface area (Å²) in [5, 5.41) is 3.90. The molecule has 178 valence electrons. The Bertz CT molecular complexity index is 1200. The van der Waals surface area contributed by atoms with E-state index in [2.05, 4.69) is 5.32 Å². The molecular weight excluding hydrogens is 454 g/mol. The number of nitrogens with one attached hydrogen (secondary N) is 1. The number of esters is 1. The maximum atomic E-state index is 13.6. The van der Waals surface area contributed by atoms with Gasteiger partial charge >= 0.3 is 5.97 Å². The minimum Gasteiger partial charge on any atom is -0.493 e. The molecular formula is C27H28ClNO5. The number of allylic oxidation sites excluding steroid dienone is 3. The number of benzene rings is 2. The minimum absolute atomic E-state index is 0.00666. The van der Waals surface area contributed by atoms with Crippen LogP contribution in [0.25, 0.3) is 0 Å². The van der Waals surface area contributed by atoms with Crippen LogP contribution >= 0.6 is 11.6 Å². The summed E-state index contributed by atoms with van der Waals surface area (Å²) < 4.78 is 16.2. The summed E-state index contributed by atoms with van der Waals surface area (Å²) in [6, 6.07) is 13.1. The molecule has 0 fully saturated rings. The molecule has 1 aliphatic carbocycles. The van der Waals surface area contributed by atoms with Crippen LogP contribution in [0.1, 0.15) is 49.7 Å². The molecule has 1 heterocycles. The first-order chi connectivity index (χ1) is 16.4. The second-order valence-electron chi connectivity index (χ2n) is 8.41. The van der Waals surface area contributed by atoms with E-state index in [1.807, 2.05) is 43.3 Å². The lowest BCUT2D eigenvalue weighted by Gasteiger charge is -2.36. The van der Waals surface area contributed by atoms with E-state index in [-0.39, 0.29) is 18.3 Å². The third kappa shape index (κ3) is 4.42. The van der Waals surface area contributed by atoms with Crippen molar-refractivity contribution in [2.24, 2.45) is 0 Å². The number of hydrogen-bond acceptors (Lipinski definition) is 6. The van der Waals surface area contributed by atoms with Crippen molar-refractivity contribution in [3.63, 3.8) is 0 Å². The molecule has 1 aliphatic heterocycles. The summed E-state index contributed by atoms with van der Waals surface area (Å²) in [7, 11) is 3.19. The largest absolute Gasteiger partial charge is 0.493 e. The quantitative estimate of drug-likeness (QED) is 0.566. The molecule has 7 heteroatoms. The fraction of sp³-hybridized carbons (Fsp3) is 0.333. The molecule has 0 spiro atoms. The number of ether oxygens (including phenoxy) is 3. The standard InChI is InChI=1S/C27H28ClNO5/c1-5-34-27(31)24-15(2)29-20-12-18(16-9-10-22(32-3)23(14-16)33-4)13-21(30)26(20)25(24)17-7-6-8-19(28)11-17/h6-11,14,18,25,29H,5,12-13H2,1-4H3/t18-,25-/m0/s1.